The number of amides is 2. The minimum Gasteiger partial charge on any atom is -0.360 e. The van der Waals surface area contributed by atoms with Crippen LogP contribution in [-0.4, -0.2) is 43.0 Å². The molecule has 0 bridgehead atoms. The first-order valence-electron chi connectivity index (χ1n) is 7.51. The van der Waals surface area contributed by atoms with Gasteiger partial charge in [0.2, 0.25) is 11.3 Å². The number of pyridine rings is 1. The zero-order valence-electron chi connectivity index (χ0n) is 12.5. The van der Waals surface area contributed by atoms with Crippen molar-refractivity contribution < 1.29 is 9.59 Å². The van der Waals surface area contributed by atoms with Crippen molar-refractivity contribution in [1.82, 2.24) is 20.9 Å². The Labute approximate surface area is 132 Å². The van der Waals surface area contributed by atoms with Crippen LogP contribution in [0.2, 0.25) is 0 Å². The van der Waals surface area contributed by atoms with E-state index in [2.05, 4.69) is 20.9 Å². The number of carbonyl (C=O) groups excluding carboxylic acids is 2. The Hall–Kier alpha value is -2.67. The van der Waals surface area contributed by atoms with Gasteiger partial charge in [-0.3, -0.25) is 14.4 Å². The molecule has 2 aromatic rings. The molecule has 0 spiro atoms. The van der Waals surface area contributed by atoms with E-state index in [4.69, 9.17) is 0 Å². The van der Waals surface area contributed by atoms with Gasteiger partial charge in [0.15, 0.2) is 0 Å². The van der Waals surface area contributed by atoms with E-state index >= 15 is 0 Å². The van der Waals surface area contributed by atoms with E-state index in [9.17, 15) is 14.4 Å². The number of aromatic nitrogens is 1. The summed E-state index contributed by atoms with van der Waals surface area (Å²) in [5, 5.41) is 8.80. The maximum Gasteiger partial charge on any atom is 0.257 e. The molecular weight excluding hydrogens is 296 g/mol. The van der Waals surface area contributed by atoms with Gasteiger partial charge in [-0.1, -0.05) is 12.1 Å². The Morgan fingerprint density at radius 2 is 1.96 bits per heavy atom. The third-order valence-corrected chi connectivity index (χ3v) is 3.90. The lowest BCUT2D eigenvalue weighted by molar-refractivity contribution is -0.120. The van der Waals surface area contributed by atoms with Crippen LogP contribution in [0.1, 0.15) is 10.4 Å². The van der Waals surface area contributed by atoms with Crippen molar-refractivity contribution in [3.05, 3.63) is 46.2 Å². The van der Waals surface area contributed by atoms with Crippen molar-refractivity contribution in [2.75, 3.05) is 26.2 Å². The average Bonchev–Trinajstić information content (AvgIpc) is 2.52. The number of para-hydroxylation sites is 1. The molecule has 2 heterocycles. The van der Waals surface area contributed by atoms with E-state index in [0.29, 0.717) is 23.4 Å². The summed E-state index contributed by atoms with van der Waals surface area (Å²) in [6.07, 6.45) is 1.37. The lowest BCUT2D eigenvalue weighted by Gasteiger charge is -2.27. The Balaban J connectivity index is 1.60. The third kappa shape index (κ3) is 3.40. The number of hydrogen-bond acceptors (Lipinski definition) is 4. The Bertz CT molecular complexity index is 795. The van der Waals surface area contributed by atoms with Crippen molar-refractivity contribution in [1.29, 1.82) is 0 Å². The van der Waals surface area contributed by atoms with Crippen LogP contribution in [0.4, 0.5) is 0 Å². The molecule has 1 fully saturated rings. The van der Waals surface area contributed by atoms with E-state index in [1.807, 2.05) is 0 Å². The number of carbonyl (C=O) groups is 2. The van der Waals surface area contributed by atoms with Gasteiger partial charge in [0, 0.05) is 42.7 Å². The maximum absolute atomic E-state index is 12.3. The Kier molecular flexibility index (Phi) is 4.38. The summed E-state index contributed by atoms with van der Waals surface area (Å²) in [6, 6.07) is 6.97. The van der Waals surface area contributed by atoms with Gasteiger partial charge in [0.1, 0.15) is 5.56 Å². The van der Waals surface area contributed by atoms with Gasteiger partial charge in [-0.15, -0.1) is 0 Å². The second-order valence-corrected chi connectivity index (χ2v) is 5.59. The summed E-state index contributed by atoms with van der Waals surface area (Å²) in [5.41, 5.74) is 0.318. The second kappa shape index (κ2) is 6.62. The van der Waals surface area contributed by atoms with Gasteiger partial charge in [-0.2, -0.15) is 0 Å². The highest BCUT2D eigenvalue weighted by Gasteiger charge is 2.18. The highest BCUT2D eigenvalue weighted by atomic mass is 16.2. The zero-order valence-corrected chi connectivity index (χ0v) is 12.5. The lowest BCUT2D eigenvalue weighted by Crippen LogP contribution is -2.49. The predicted octanol–water partition coefficient (Wildman–Crippen LogP) is -0.406. The van der Waals surface area contributed by atoms with Gasteiger partial charge in [0.25, 0.3) is 5.91 Å². The molecule has 0 atom stereocenters. The Morgan fingerprint density at radius 3 is 2.70 bits per heavy atom. The fourth-order valence-electron chi connectivity index (χ4n) is 2.41. The standard InChI is InChI=1S/C16H18N4O3/c21-14(19-7-10-5-17-6-10)9-20-16(23)12-8-18-13-4-2-1-3-11(13)15(12)22/h1-4,8,10,17H,5-7,9H2,(H,18,22)(H,19,21)(H,20,23). The Morgan fingerprint density at radius 1 is 1.17 bits per heavy atom. The topological polar surface area (TPSA) is 103 Å². The lowest BCUT2D eigenvalue weighted by atomic mass is 10.0. The molecule has 120 valence electrons. The van der Waals surface area contributed by atoms with Crippen LogP contribution >= 0.6 is 0 Å². The highest BCUT2D eigenvalue weighted by molar-refractivity contribution is 5.98. The summed E-state index contributed by atoms with van der Waals surface area (Å²) in [4.78, 5) is 39.0. The largest absolute Gasteiger partial charge is 0.360 e. The fraction of sp³-hybridized carbons (Fsp3) is 0.312. The molecule has 4 N–H and O–H groups in total. The fourth-order valence-corrected chi connectivity index (χ4v) is 2.41. The molecule has 23 heavy (non-hydrogen) atoms. The molecule has 0 unspecified atom stereocenters. The van der Waals surface area contributed by atoms with Gasteiger partial charge in [-0.05, 0) is 12.1 Å². The molecule has 1 aromatic heterocycles. The minimum absolute atomic E-state index is 0.000284. The van der Waals surface area contributed by atoms with Crippen LogP contribution in [0.25, 0.3) is 10.9 Å². The number of H-pyrrole nitrogens is 1. The summed E-state index contributed by atoms with van der Waals surface area (Å²) in [5.74, 6) is -0.363. The smallest absolute Gasteiger partial charge is 0.257 e. The normalized spacial score (nSPS) is 14.3. The van der Waals surface area contributed by atoms with Crippen LogP contribution in [0.15, 0.2) is 35.3 Å². The number of aromatic amines is 1. The number of benzene rings is 1. The first-order chi connectivity index (χ1) is 11.1. The van der Waals surface area contributed by atoms with Crippen LogP contribution in [0, 0.1) is 5.92 Å². The highest BCUT2D eigenvalue weighted by Crippen LogP contribution is 2.06. The molecule has 7 nitrogen and oxygen atoms in total. The van der Waals surface area contributed by atoms with Gasteiger partial charge >= 0.3 is 0 Å². The van der Waals surface area contributed by atoms with Crippen molar-refractivity contribution in [2.24, 2.45) is 5.92 Å². The number of nitrogens with one attached hydrogen (secondary N) is 4. The first-order valence-corrected chi connectivity index (χ1v) is 7.51. The van der Waals surface area contributed by atoms with E-state index < -0.39 is 5.91 Å². The van der Waals surface area contributed by atoms with Gasteiger partial charge in [-0.25, -0.2) is 0 Å². The second-order valence-electron chi connectivity index (χ2n) is 5.59. The molecule has 0 saturated carbocycles. The van der Waals surface area contributed by atoms with Crippen molar-refractivity contribution in [3.63, 3.8) is 0 Å². The SMILES string of the molecule is O=C(CNC(=O)c1c[nH]c2ccccc2c1=O)NCC1CNC1. The van der Waals surface area contributed by atoms with Crippen molar-refractivity contribution >= 4 is 22.7 Å². The number of rotatable bonds is 5. The molecule has 1 aliphatic rings. The molecule has 7 heteroatoms. The van der Waals surface area contributed by atoms with Crippen LogP contribution < -0.4 is 21.4 Å². The summed E-state index contributed by atoms with van der Waals surface area (Å²) < 4.78 is 0. The third-order valence-electron chi connectivity index (χ3n) is 3.90. The van der Waals surface area contributed by atoms with Crippen LogP contribution in [0.5, 0.6) is 0 Å². The van der Waals surface area contributed by atoms with Crippen LogP contribution in [-0.2, 0) is 4.79 Å². The number of hydrogen-bond donors (Lipinski definition) is 4. The predicted molar refractivity (Wildman–Crippen MR) is 86.3 cm³/mol. The number of fused-ring (bicyclic) bond motifs is 1. The maximum atomic E-state index is 12.3. The molecule has 1 saturated heterocycles. The molecule has 2 amide bonds. The average molecular weight is 314 g/mol. The summed E-state index contributed by atoms with van der Waals surface area (Å²) in [6.45, 7) is 2.25. The molecule has 0 radical (unpaired) electrons. The van der Waals surface area contributed by atoms with E-state index in [-0.39, 0.29) is 23.4 Å². The summed E-state index contributed by atoms with van der Waals surface area (Å²) in [7, 11) is 0. The zero-order chi connectivity index (χ0) is 16.2. The van der Waals surface area contributed by atoms with E-state index in [1.165, 1.54) is 6.20 Å². The molecular formula is C16H18N4O3. The minimum atomic E-state index is -0.558. The molecule has 1 aliphatic heterocycles. The van der Waals surface area contributed by atoms with Gasteiger partial charge < -0.3 is 20.9 Å². The van der Waals surface area contributed by atoms with Crippen molar-refractivity contribution in [2.45, 2.75) is 0 Å². The van der Waals surface area contributed by atoms with Crippen molar-refractivity contribution in [3.8, 4) is 0 Å². The molecule has 1 aromatic carbocycles. The van der Waals surface area contributed by atoms with Crippen LogP contribution in [0.3, 0.4) is 0 Å². The summed E-state index contributed by atoms with van der Waals surface area (Å²) >= 11 is 0. The van der Waals surface area contributed by atoms with Gasteiger partial charge in [0.05, 0.1) is 6.54 Å². The first kappa shape index (κ1) is 15.2. The molecule has 3 rings (SSSR count). The van der Waals surface area contributed by atoms with E-state index in [0.717, 1.165) is 13.1 Å². The quantitative estimate of drug-likeness (QED) is 0.602. The molecule has 0 aliphatic carbocycles. The van der Waals surface area contributed by atoms with E-state index in [1.54, 1.807) is 24.3 Å². The monoisotopic (exact) mass is 314 g/mol.